The summed E-state index contributed by atoms with van der Waals surface area (Å²) in [7, 11) is 2.76. The maximum Gasteiger partial charge on any atom is 0.286 e. The molecule has 0 radical (unpaired) electrons. The highest BCUT2D eigenvalue weighted by Gasteiger charge is 2.24. The number of rotatable bonds is 6. The van der Waals surface area contributed by atoms with E-state index in [9.17, 15) is 14.9 Å². The van der Waals surface area contributed by atoms with Crippen LogP contribution in [0, 0.1) is 10.1 Å². The van der Waals surface area contributed by atoms with Crippen LogP contribution in [0.2, 0.25) is 0 Å². The van der Waals surface area contributed by atoms with Gasteiger partial charge in [-0.05, 0) is 24.3 Å². The van der Waals surface area contributed by atoms with E-state index in [0.29, 0.717) is 5.69 Å². The first-order valence-electron chi connectivity index (χ1n) is 9.04. The molecule has 9 nitrogen and oxygen atoms in total. The lowest BCUT2D eigenvalue weighted by molar-refractivity contribution is -0.385. The number of ether oxygens (including phenoxy) is 2. The van der Waals surface area contributed by atoms with Crippen molar-refractivity contribution in [1.29, 1.82) is 0 Å². The minimum absolute atomic E-state index is 0.141. The van der Waals surface area contributed by atoms with Gasteiger partial charge in [0.2, 0.25) is 0 Å². The Morgan fingerprint density at radius 2 is 1.87 bits per heavy atom. The highest BCUT2D eigenvalue weighted by molar-refractivity contribution is 7.21. The summed E-state index contributed by atoms with van der Waals surface area (Å²) in [6.07, 6.45) is 1.71. The van der Waals surface area contributed by atoms with Crippen molar-refractivity contribution in [3.05, 3.63) is 70.4 Å². The number of hydrogen-bond acceptors (Lipinski definition) is 8. The van der Waals surface area contributed by atoms with E-state index in [4.69, 9.17) is 9.47 Å². The number of thiazole rings is 1. The molecule has 0 saturated carbocycles. The third kappa shape index (κ3) is 4.01. The van der Waals surface area contributed by atoms with E-state index in [2.05, 4.69) is 15.3 Å². The molecule has 0 aliphatic rings. The molecule has 2 aromatic heterocycles. The number of nitrogens with zero attached hydrogens (tertiary/aromatic N) is 3. The summed E-state index contributed by atoms with van der Waals surface area (Å²) in [5.41, 5.74) is 1.53. The zero-order valence-electron chi connectivity index (χ0n) is 16.5. The van der Waals surface area contributed by atoms with E-state index in [1.165, 1.54) is 31.6 Å². The molecule has 0 fully saturated rings. The zero-order chi connectivity index (χ0) is 22.0. The second-order valence-corrected chi connectivity index (χ2v) is 7.34. The Morgan fingerprint density at radius 1 is 1.10 bits per heavy atom. The molecule has 0 saturated heterocycles. The van der Waals surface area contributed by atoms with Crippen LogP contribution in [0.3, 0.4) is 0 Å². The van der Waals surface area contributed by atoms with Gasteiger partial charge in [-0.15, -0.1) is 0 Å². The molecule has 31 heavy (non-hydrogen) atoms. The third-order valence-corrected chi connectivity index (χ3v) is 5.51. The number of amides is 1. The molecule has 0 bridgehead atoms. The van der Waals surface area contributed by atoms with Gasteiger partial charge in [-0.1, -0.05) is 23.5 Å². The van der Waals surface area contributed by atoms with Crippen molar-refractivity contribution >= 4 is 39.0 Å². The normalized spacial score (nSPS) is 10.6. The number of benzene rings is 2. The fourth-order valence-electron chi connectivity index (χ4n) is 3.02. The van der Waals surface area contributed by atoms with Crippen LogP contribution < -0.4 is 14.8 Å². The predicted octanol–water partition coefficient (Wildman–Crippen LogP) is 4.54. The average molecular weight is 436 g/mol. The largest absolute Gasteiger partial charge is 0.493 e. The number of aromatic nitrogens is 2. The van der Waals surface area contributed by atoms with E-state index < -0.39 is 10.8 Å². The third-order valence-electron chi connectivity index (χ3n) is 4.48. The van der Waals surface area contributed by atoms with Crippen LogP contribution in [0.15, 0.2) is 54.7 Å². The van der Waals surface area contributed by atoms with E-state index in [-0.39, 0.29) is 22.7 Å². The lowest BCUT2D eigenvalue weighted by atomic mass is 10.1. The Labute approximate surface area is 180 Å². The van der Waals surface area contributed by atoms with Crippen molar-refractivity contribution < 1.29 is 19.2 Å². The molecule has 0 atom stereocenters. The maximum absolute atomic E-state index is 12.9. The van der Waals surface area contributed by atoms with Crippen molar-refractivity contribution in [2.75, 3.05) is 19.5 Å². The van der Waals surface area contributed by atoms with Gasteiger partial charge in [0.05, 0.1) is 25.2 Å². The summed E-state index contributed by atoms with van der Waals surface area (Å²) >= 11 is 1.44. The first-order chi connectivity index (χ1) is 15.0. The van der Waals surface area contributed by atoms with Crippen LogP contribution in [-0.2, 0) is 0 Å². The summed E-state index contributed by atoms with van der Waals surface area (Å²) in [6.45, 7) is 0. The fraction of sp³-hybridized carbons (Fsp3) is 0.0952. The number of carbonyl (C=O) groups excluding carboxylic acids is 1. The van der Waals surface area contributed by atoms with Crippen molar-refractivity contribution in [3.63, 3.8) is 0 Å². The van der Waals surface area contributed by atoms with Gasteiger partial charge in [-0.3, -0.25) is 14.9 Å². The first kappa shape index (κ1) is 20.2. The van der Waals surface area contributed by atoms with Crippen LogP contribution in [0.1, 0.15) is 10.4 Å². The Morgan fingerprint density at radius 3 is 2.58 bits per heavy atom. The van der Waals surface area contributed by atoms with Crippen LogP contribution in [0.4, 0.5) is 11.4 Å². The van der Waals surface area contributed by atoms with Crippen LogP contribution >= 0.6 is 11.3 Å². The predicted molar refractivity (Wildman–Crippen MR) is 117 cm³/mol. The standard InChI is InChI=1S/C21H16N4O5S/c1-29-17-10-14(16(25(27)28)11-18(17)30-2)19(26)23-13-6-3-5-12(9-13)20-24-15-7-4-8-22-21(15)31-20/h3-11H,1-2H3,(H,23,26). The molecule has 0 aliphatic carbocycles. The summed E-state index contributed by atoms with van der Waals surface area (Å²) in [5, 5.41) is 14.9. The number of methoxy groups -OCH3 is 2. The second kappa shape index (κ2) is 8.36. The van der Waals surface area contributed by atoms with Gasteiger partial charge in [-0.25, -0.2) is 9.97 Å². The van der Waals surface area contributed by atoms with Gasteiger partial charge in [-0.2, -0.15) is 0 Å². The summed E-state index contributed by atoms with van der Waals surface area (Å²) in [4.78, 5) is 33.4. The van der Waals surface area contributed by atoms with Crippen LogP contribution in [-0.4, -0.2) is 35.0 Å². The van der Waals surface area contributed by atoms with Crippen LogP contribution in [0.5, 0.6) is 11.5 Å². The lowest BCUT2D eigenvalue weighted by Gasteiger charge is -2.11. The number of nitro groups is 1. The number of anilines is 1. The molecule has 0 spiro atoms. The molecule has 10 heteroatoms. The second-order valence-electron chi connectivity index (χ2n) is 6.36. The van der Waals surface area contributed by atoms with E-state index in [1.54, 1.807) is 24.4 Å². The van der Waals surface area contributed by atoms with Crippen molar-refractivity contribution in [2.45, 2.75) is 0 Å². The highest BCUT2D eigenvalue weighted by Crippen LogP contribution is 2.35. The minimum Gasteiger partial charge on any atom is -0.493 e. The van der Waals surface area contributed by atoms with Gasteiger partial charge in [0.1, 0.15) is 20.9 Å². The Bertz CT molecular complexity index is 1270. The number of hydrogen-bond donors (Lipinski definition) is 1. The van der Waals surface area contributed by atoms with Gasteiger partial charge in [0.15, 0.2) is 11.5 Å². The van der Waals surface area contributed by atoms with Gasteiger partial charge in [0, 0.05) is 23.5 Å². The molecule has 4 rings (SSSR count). The molecule has 1 N–H and O–H groups in total. The topological polar surface area (TPSA) is 116 Å². The summed E-state index contributed by atoms with van der Waals surface area (Å²) in [5.74, 6) is -0.262. The molecule has 0 aliphatic heterocycles. The van der Waals surface area contributed by atoms with Gasteiger partial charge >= 0.3 is 0 Å². The first-order valence-corrected chi connectivity index (χ1v) is 9.85. The van der Waals surface area contributed by atoms with E-state index in [1.807, 2.05) is 18.2 Å². The van der Waals surface area contributed by atoms with Crippen LogP contribution in [0.25, 0.3) is 20.9 Å². The monoisotopic (exact) mass is 436 g/mol. The zero-order valence-corrected chi connectivity index (χ0v) is 17.3. The molecule has 2 heterocycles. The smallest absolute Gasteiger partial charge is 0.286 e. The molecule has 156 valence electrons. The number of nitro benzene ring substituents is 1. The quantitative estimate of drug-likeness (QED) is 0.348. The van der Waals surface area contributed by atoms with E-state index in [0.717, 1.165) is 27.0 Å². The van der Waals surface area contributed by atoms with Gasteiger partial charge in [0.25, 0.3) is 11.6 Å². The number of fused-ring (bicyclic) bond motifs is 1. The molecule has 0 unspecified atom stereocenters. The van der Waals surface area contributed by atoms with E-state index >= 15 is 0 Å². The summed E-state index contributed by atoms with van der Waals surface area (Å²) in [6, 6.07) is 13.2. The molecule has 4 aromatic rings. The molecular formula is C21H16N4O5S. The maximum atomic E-state index is 12.9. The number of nitrogens with one attached hydrogen (secondary N) is 1. The lowest BCUT2D eigenvalue weighted by Crippen LogP contribution is -2.14. The van der Waals surface area contributed by atoms with Crippen molar-refractivity contribution in [3.8, 4) is 22.1 Å². The number of pyridine rings is 1. The Kier molecular flexibility index (Phi) is 5.46. The van der Waals surface area contributed by atoms with Crippen molar-refractivity contribution in [1.82, 2.24) is 9.97 Å². The Hall–Kier alpha value is -4.05. The minimum atomic E-state index is -0.643. The average Bonchev–Trinajstić information content (AvgIpc) is 3.22. The van der Waals surface area contributed by atoms with Crippen molar-refractivity contribution in [2.24, 2.45) is 0 Å². The fourth-order valence-corrected chi connectivity index (χ4v) is 3.93. The van der Waals surface area contributed by atoms with Gasteiger partial charge < -0.3 is 14.8 Å². The summed E-state index contributed by atoms with van der Waals surface area (Å²) < 4.78 is 10.3. The molecule has 2 aromatic carbocycles. The molecule has 1 amide bonds. The SMILES string of the molecule is COc1cc(C(=O)Nc2cccc(-c3nc4cccnc4s3)c2)c([N+](=O)[O-])cc1OC. The molecular weight excluding hydrogens is 420 g/mol. The number of carbonyl (C=O) groups is 1. The Balaban J connectivity index is 1.66. The highest BCUT2D eigenvalue weighted by atomic mass is 32.1.